The van der Waals surface area contributed by atoms with Crippen molar-refractivity contribution in [2.24, 2.45) is 0 Å². The van der Waals surface area contributed by atoms with E-state index in [1.165, 1.54) is 11.3 Å². The van der Waals surface area contributed by atoms with Crippen molar-refractivity contribution in [3.63, 3.8) is 0 Å². The van der Waals surface area contributed by atoms with Crippen molar-refractivity contribution < 1.29 is 13.9 Å². The fourth-order valence-corrected chi connectivity index (χ4v) is 3.64. The summed E-state index contributed by atoms with van der Waals surface area (Å²) in [5, 5.41) is 3.74. The summed E-state index contributed by atoms with van der Waals surface area (Å²) in [5.41, 5.74) is 3.11. The van der Waals surface area contributed by atoms with Crippen molar-refractivity contribution in [2.45, 2.75) is 40.3 Å². The third-order valence-corrected chi connectivity index (χ3v) is 5.10. The maximum Gasteiger partial charge on any atom is 0.261 e. The van der Waals surface area contributed by atoms with Crippen LogP contribution in [0.15, 0.2) is 41.0 Å². The Hall–Kier alpha value is -2.60. The zero-order chi connectivity index (χ0) is 18.7. The minimum atomic E-state index is -0.575. The second-order valence-corrected chi connectivity index (χ2v) is 7.39. The quantitative estimate of drug-likeness (QED) is 0.698. The highest BCUT2D eigenvalue weighted by Gasteiger charge is 2.17. The summed E-state index contributed by atoms with van der Waals surface area (Å²) in [4.78, 5) is 17.9. The molecule has 2 heterocycles. The van der Waals surface area contributed by atoms with Crippen molar-refractivity contribution in [3.05, 3.63) is 58.3 Å². The van der Waals surface area contributed by atoms with Crippen molar-refractivity contribution in [3.8, 4) is 16.5 Å². The molecular weight excluding hydrogens is 348 g/mol. The fourth-order valence-electron chi connectivity index (χ4n) is 2.67. The third kappa shape index (κ3) is 4.32. The van der Waals surface area contributed by atoms with Gasteiger partial charge in [-0.25, -0.2) is 4.98 Å². The minimum Gasteiger partial charge on any atom is -0.481 e. The predicted molar refractivity (Wildman–Crippen MR) is 102 cm³/mol. The average molecular weight is 370 g/mol. The largest absolute Gasteiger partial charge is 0.481 e. The normalized spacial score (nSPS) is 12.0. The highest BCUT2D eigenvalue weighted by molar-refractivity contribution is 7.15. The minimum absolute atomic E-state index is 0.156. The van der Waals surface area contributed by atoms with E-state index in [9.17, 15) is 4.79 Å². The second-order valence-electron chi connectivity index (χ2n) is 6.31. The van der Waals surface area contributed by atoms with Crippen molar-refractivity contribution >= 4 is 17.2 Å². The van der Waals surface area contributed by atoms with Crippen LogP contribution in [-0.4, -0.2) is 17.0 Å². The number of ether oxygens (including phenoxy) is 1. The van der Waals surface area contributed by atoms with Gasteiger partial charge in [0.2, 0.25) is 0 Å². The van der Waals surface area contributed by atoms with Crippen LogP contribution in [0.3, 0.4) is 0 Å². The van der Waals surface area contributed by atoms with Gasteiger partial charge in [-0.15, -0.1) is 11.3 Å². The number of aryl methyl sites for hydroxylation is 3. The van der Waals surface area contributed by atoms with Gasteiger partial charge in [0.05, 0.1) is 18.5 Å². The molecule has 5 nitrogen and oxygen atoms in total. The molecule has 0 saturated carbocycles. The number of hydrogen-bond donors (Lipinski definition) is 1. The van der Waals surface area contributed by atoms with Gasteiger partial charge in [0.15, 0.2) is 16.9 Å². The van der Waals surface area contributed by atoms with Crippen LogP contribution in [0.2, 0.25) is 0 Å². The number of benzene rings is 1. The number of amides is 1. The number of hydrogen-bond acceptors (Lipinski definition) is 5. The van der Waals surface area contributed by atoms with Gasteiger partial charge < -0.3 is 14.5 Å². The van der Waals surface area contributed by atoms with E-state index in [0.717, 1.165) is 32.5 Å². The second kappa shape index (κ2) is 7.74. The van der Waals surface area contributed by atoms with E-state index in [1.807, 2.05) is 45.0 Å². The summed E-state index contributed by atoms with van der Waals surface area (Å²) < 4.78 is 11.2. The summed E-state index contributed by atoms with van der Waals surface area (Å²) >= 11 is 1.52. The molecule has 0 radical (unpaired) electrons. The monoisotopic (exact) mass is 370 g/mol. The Balaban J connectivity index is 1.60. The molecule has 0 fully saturated rings. The van der Waals surface area contributed by atoms with Gasteiger partial charge in [-0.1, -0.05) is 6.07 Å². The Bertz CT molecular complexity index is 880. The molecule has 3 aromatic rings. The third-order valence-electron chi connectivity index (χ3n) is 3.93. The molecule has 2 aromatic heterocycles. The lowest BCUT2D eigenvalue weighted by Gasteiger charge is -2.15. The Morgan fingerprint density at radius 3 is 2.65 bits per heavy atom. The van der Waals surface area contributed by atoms with Crippen LogP contribution in [0.1, 0.15) is 28.6 Å². The molecule has 0 aliphatic heterocycles. The number of carbonyl (C=O) groups excluding carboxylic acids is 1. The van der Waals surface area contributed by atoms with Gasteiger partial charge in [0, 0.05) is 4.88 Å². The highest BCUT2D eigenvalue weighted by atomic mass is 32.1. The van der Waals surface area contributed by atoms with Crippen LogP contribution >= 0.6 is 11.3 Å². The topological polar surface area (TPSA) is 64.4 Å². The van der Waals surface area contributed by atoms with Crippen molar-refractivity contribution in [2.75, 3.05) is 0 Å². The number of rotatable bonds is 6. The van der Waals surface area contributed by atoms with E-state index in [2.05, 4.69) is 16.4 Å². The molecular formula is C20H22N2O3S. The molecule has 0 bridgehead atoms. The SMILES string of the molecule is Cc1cc(C)cc(OC(C)C(=O)NCc2sc(-c3ccco3)nc2C)c1. The molecule has 1 unspecified atom stereocenters. The molecule has 0 aliphatic rings. The number of nitrogens with zero attached hydrogens (tertiary/aromatic N) is 1. The standard InChI is InChI=1S/C20H22N2O3S/c1-12-8-13(2)10-16(9-12)25-15(4)19(23)21-11-18-14(3)22-20(26-18)17-6-5-7-24-17/h5-10,15H,11H2,1-4H3,(H,21,23). The molecule has 6 heteroatoms. The molecule has 1 N–H and O–H groups in total. The Kier molecular flexibility index (Phi) is 5.42. The fraction of sp³-hybridized carbons (Fsp3) is 0.300. The van der Waals surface area contributed by atoms with E-state index in [1.54, 1.807) is 13.2 Å². The number of furan rings is 1. The molecule has 1 aromatic carbocycles. The number of aromatic nitrogens is 1. The molecule has 1 atom stereocenters. The smallest absolute Gasteiger partial charge is 0.261 e. The van der Waals surface area contributed by atoms with Crippen molar-refractivity contribution in [1.29, 1.82) is 0 Å². The van der Waals surface area contributed by atoms with Crippen molar-refractivity contribution in [1.82, 2.24) is 10.3 Å². The Morgan fingerprint density at radius 2 is 2.00 bits per heavy atom. The van der Waals surface area contributed by atoms with Gasteiger partial charge in [0.1, 0.15) is 5.75 Å². The zero-order valence-corrected chi connectivity index (χ0v) is 16.1. The lowest BCUT2D eigenvalue weighted by atomic mass is 10.1. The van der Waals surface area contributed by atoms with Gasteiger partial charge in [0.25, 0.3) is 5.91 Å². The zero-order valence-electron chi connectivity index (χ0n) is 15.3. The van der Waals surface area contributed by atoms with Crippen LogP contribution in [0, 0.1) is 20.8 Å². The molecule has 0 spiro atoms. The Morgan fingerprint density at radius 1 is 1.27 bits per heavy atom. The van der Waals surface area contributed by atoms with Crippen LogP contribution in [-0.2, 0) is 11.3 Å². The highest BCUT2D eigenvalue weighted by Crippen LogP contribution is 2.28. The van der Waals surface area contributed by atoms with Crippen LogP contribution in [0.25, 0.3) is 10.8 Å². The summed E-state index contributed by atoms with van der Waals surface area (Å²) in [5.74, 6) is 1.29. The summed E-state index contributed by atoms with van der Waals surface area (Å²) in [6.45, 7) is 8.12. The predicted octanol–water partition coefficient (Wildman–Crippen LogP) is 4.41. The molecule has 3 rings (SSSR count). The summed E-state index contributed by atoms with van der Waals surface area (Å²) in [6.07, 6.45) is 1.05. The molecule has 1 amide bonds. The maximum absolute atomic E-state index is 12.4. The Labute approximate surface area is 157 Å². The number of nitrogens with one attached hydrogen (secondary N) is 1. The molecule has 0 saturated heterocycles. The van der Waals surface area contributed by atoms with E-state index in [4.69, 9.17) is 9.15 Å². The van der Waals surface area contributed by atoms with Gasteiger partial charge in [-0.05, 0) is 63.1 Å². The maximum atomic E-state index is 12.4. The first-order chi connectivity index (χ1) is 12.4. The average Bonchev–Trinajstić information content (AvgIpc) is 3.21. The first-order valence-corrected chi connectivity index (χ1v) is 9.27. The van der Waals surface area contributed by atoms with Crippen LogP contribution < -0.4 is 10.1 Å². The van der Waals surface area contributed by atoms with E-state index in [0.29, 0.717) is 12.3 Å². The lowest BCUT2D eigenvalue weighted by Crippen LogP contribution is -2.35. The first kappa shape index (κ1) is 18.2. The van der Waals surface area contributed by atoms with E-state index < -0.39 is 6.10 Å². The van der Waals surface area contributed by atoms with Crippen LogP contribution in [0.4, 0.5) is 0 Å². The number of thiazole rings is 1. The van der Waals surface area contributed by atoms with E-state index in [-0.39, 0.29) is 5.91 Å². The first-order valence-electron chi connectivity index (χ1n) is 8.45. The van der Waals surface area contributed by atoms with Gasteiger partial charge in [-0.2, -0.15) is 0 Å². The summed E-state index contributed by atoms with van der Waals surface area (Å²) in [6, 6.07) is 9.64. The summed E-state index contributed by atoms with van der Waals surface area (Å²) in [7, 11) is 0. The van der Waals surface area contributed by atoms with E-state index >= 15 is 0 Å². The van der Waals surface area contributed by atoms with Gasteiger partial charge >= 0.3 is 0 Å². The molecule has 26 heavy (non-hydrogen) atoms. The number of carbonyl (C=O) groups is 1. The van der Waals surface area contributed by atoms with Crippen LogP contribution in [0.5, 0.6) is 5.75 Å². The van der Waals surface area contributed by atoms with Gasteiger partial charge in [-0.3, -0.25) is 4.79 Å². The molecule has 0 aliphatic carbocycles. The lowest BCUT2D eigenvalue weighted by molar-refractivity contribution is -0.127. The molecule has 136 valence electrons.